The maximum absolute atomic E-state index is 13.5. The van der Waals surface area contributed by atoms with Crippen molar-refractivity contribution in [2.75, 3.05) is 31.1 Å². The van der Waals surface area contributed by atoms with E-state index in [-0.39, 0.29) is 5.69 Å². The summed E-state index contributed by atoms with van der Waals surface area (Å²) in [5, 5.41) is 13.7. The minimum Gasteiger partial charge on any atom is -0.366 e. The van der Waals surface area contributed by atoms with Crippen LogP contribution in [0.15, 0.2) is 18.2 Å². The van der Waals surface area contributed by atoms with Gasteiger partial charge in [0, 0.05) is 38.3 Å². The molecule has 5 nitrogen and oxygen atoms in total. The predicted molar refractivity (Wildman–Crippen MR) is 58.1 cm³/mol. The van der Waals surface area contributed by atoms with E-state index in [1.165, 1.54) is 12.1 Å². The molecular formula is C10H12FN3O2. The molecule has 1 aromatic rings. The molecule has 1 saturated heterocycles. The standard InChI is InChI=1S/C10H12FN3O2/c11-9-2-1-8(14(15)16)7-10(9)13-5-3-12-4-6-13/h1-2,7,12H,3-6H2. The third-order valence-corrected chi connectivity index (χ3v) is 2.60. The second kappa shape index (κ2) is 4.44. The molecule has 1 fully saturated rings. The monoisotopic (exact) mass is 225 g/mol. The topological polar surface area (TPSA) is 58.4 Å². The van der Waals surface area contributed by atoms with Gasteiger partial charge in [0.05, 0.1) is 10.6 Å². The molecule has 0 amide bonds. The molecule has 1 aromatic carbocycles. The number of nitrogens with zero attached hydrogens (tertiary/aromatic N) is 2. The van der Waals surface area contributed by atoms with Gasteiger partial charge >= 0.3 is 0 Å². The van der Waals surface area contributed by atoms with E-state index in [4.69, 9.17) is 0 Å². The summed E-state index contributed by atoms with van der Waals surface area (Å²) in [7, 11) is 0. The summed E-state index contributed by atoms with van der Waals surface area (Å²) in [5.74, 6) is -0.410. The lowest BCUT2D eigenvalue weighted by Gasteiger charge is -2.29. The summed E-state index contributed by atoms with van der Waals surface area (Å²) in [5.41, 5.74) is 0.241. The second-order valence-electron chi connectivity index (χ2n) is 3.63. The van der Waals surface area contributed by atoms with Gasteiger partial charge in [0.15, 0.2) is 0 Å². The van der Waals surface area contributed by atoms with E-state index in [2.05, 4.69) is 5.32 Å². The van der Waals surface area contributed by atoms with Crippen LogP contribution in [0, 0.1) is 15.9 Å². The van der Waals surface area contributed by atoms with Crippen LogP contribution in [0.3, 0.4) is 0 Å². The van der Waals surface area contributed by atoms with Crippen molar-refractivity contribution in [3.63, 3.8) is 0 Å². The lowest BCUT2D eigenvalue weighted by atomic mass is 10.2. The number of halogens is 1. The van der Waals surface area contributed by atoms with Crippen LogP contribution in [0.1, 0.15) is 0 Å². The van der Waals surface area contributed by atoms with Crippen LogP contribution in [0.2, 0.25) is 0 Å². The SMILES string of the molecule is O=[N+]([O-])c1ccc(F)c(N2CCNCC2)c1. The van der Waals surface area contributed by atoms with E-state index < -0.39 is 10.7 Å². The van der Waals surface area contributed by atoms with Gasteiger partial charge in [0.25, 0.3) is 5.69 Å². The van der Waals surface area contributed by atoms with Crippen molar-refractivity contribution >= 4 is 11.4 Å². The van der Waals surface area contributed by atoms with Gasteiger partial charge in [-0.25, -0.2) is 4.39 Å². The Labute approximate surface area is 92.0 Å². The lowest BCUT2D eigenvalue weighted by molar-refractivity contribution is -0.384. The second-order valence-corrected chi connectivity index (χ2v) is 3.63. The first-order valence-electron chi connectivity index (χ1n) is 5.08. The van der Waals surface area contributed by atoms with Gasteiger partial charge in [0.1, 0.15) is 5.82 Å². The van der Waals surface area contributed by atoms with E-state index in [1.807, 2.05) is 4.90 Å². The minimum atomic E-state index is -0.509. The molecule has 1 aliphatic heterocycles. The molecule has 0 atom stereocenters. The number of piperazine rings is 1. The van der Waals surface area contributed by atoms with Gasteiger partial charge in [-0.1, -0.05) is 0 Å². The largest absolute Gasteiger partial charge is 0.366 e. The van der Waals surface area contributed by atoms with Gasteiger partial charge in [-0.05, 0) is 6.07 Å². The maximum Gasteiger partial charge on any atom is 0.271 e. The zero-order valence-corrected chi connectivity index (χ0v) is 8.65. The maximum atomic E-state index is 13.5. The summed E-state index contributed by atoms with van der Waals surface area (Å²) in [6, 6.07) is 3.62. The van der Waals surface area contributed by atoms with Gasteiger partial charge in [0.2, 0.25) is 0 Å². The first kappa shape index (κ1) is 10.8. The van der Waals surface area contributed by atoms with Crippen molar-refractivity contribution < 1.29 is 9.31 Å². The summed E-state index contributed by atoms with van der Waals surface area (Å²) in [4.78, 5) is 11.9. The van der Waals surface area contributed by atoms with E-state index >= 15 is 0 Å². The van der Waals surface area contributed by atoms with E-state index in [9.17, 15) is 14.5 Å². The summed E-state index contributed by atoms with van der Waals surface area (Å²) in [6.07, 6.45) is 0. The fourth-order valence-electron chi connectivity index (χ4n) is 1.76. The Morgan fingerprint density at radius 3 is 2.69 bits per heavy atom. The number of nitro groups is 1. The quantitative estimate of drug-likeness (QED) is 0.605. The number of nitrogens with one attached hydrogen (secondary N) is 1. The van der Waals surface area contributed by atoms with Gasteiger partial charge in [-0.15, -0.1) is 0 Å². The lowest BCUT2D eigenvalue weighted by Crippen LogP contribution is -2.43. The van der Waals surface area contributed by atoms with Crippen molar-refractivity contribution in [3.8, 4) is 0 Å². The van der Waals surface area contributed by atoms with Crippen LogP contribution in [-0.2, 0) is 0 Å². The zero-order chi connectivity index (χ0) is 11.5. The average Bonchev–Trinajstić information content (AvgIpc) is 2.30. The normalized spacial score (nSPS) is 16.2. The van der Waals surface area contributed by atoms with Gasteiger partial charge in [-0.3, -0.25) is 10.1 Å². The highest BCUT2D eigenvalue weighted by Gasteiger charge is 2.17. The number of hydrogen-bond acceptors (Lipinski definition) is 4. The Bertz CT molecular complexity index is 405. The summed E-state index contributed by atoms with van der Waals surface area (Å²) >= 11 is 0. The Balaban J connectivity index is 2.30. The molecule has 0 spiro atoms. The highest BCUT2D eigenvalue weighted by atomic mass is 19.1. The molecule has 0 aliphatic carbocycles. The molecule has 1 aliphatic rings. The molecular weight excluding hydrogens is 213 g/mol. The first-order chi connectivity index (χ1) is 7.68. The fraction of sp³-hybridized carbons (Fsp3) is 0.400. The van der Waals surface area contributed by atoms with Crippen molar-refractivity contribution in [2.45, 2.75) is 0 Å². The zero-order valence-electron chi connectivity index (χ0n) is 8.65. The van der Waals surface area contributed by atoms with Gasteiger partial charge < -0.3 is 10.2 Å². The van der Waals surface area contributed by atoms with Crippen LogP contribution in [0.25, 0.3) is 0 Å². The molecule has 16 heavy (non-hydrogen) atoms. The van der Waals surface area contributed by atoms with Crippen LogP contribution >= 0.6 is 0 Å². The molecule has 1 N–H and O–H groups in total. The summed E-state index contributed by atoms with van der Waals surface area (Å²) < 4.78 is 13.5. The summed E-state index contributed by atoms with van der Waals surface area (Å²) in [6.45, 7) is 2.86. The minimum absolute atomic E-state index is 0.0741. The van der Waals surface area contributed by atoms with Crippen molar-refractivity contribution in [1.82, 2.24) is 5.32 Å². The molecule has 2 rings (SSSR count). The smallest absolute Gasteiger partial charge is 0.271 e. The van der Waals surface area contributed by atoms with Crippen molar-refractivity contribution in [2.24, 2.45) is 0 Å². The Morgan fingerprint density at radius 2 is 2.06 bits per heavy atom. The Kier molecular flexibility index (Phi) is 3.00. The molecule has 0 bridgehead atoms. The molecule has 0 aromatic heterocycles. The van der Waals surface area contributed by atoms with E-state index in [0.29, 0.717) is 18.8 Å². The third-order valence-electron chi connectivity index (χ3n) is 2.60. The fourth-order valence-corrected chi connectivity index (χ4v) is 1.76. The average molecular weight is 225 g/mol. The number of anilines is 1. The third kappa shape index (κ3) is 2.11. The van der Waals surface area contributed by atoms with E-state index in [0.717, 1.165) is 19.2 Å². The number of non-ortho nitro benzene ring substituents is 1. The Morgan fingerprint density at radius 1 is 1.38 bits per heavy atom. The number of hydrogen-bond donors (Lipinski definition) is 1. The van der Waals surface area contributed by atoms with Crippen LogP contribution < -0.4 is 10.2 Å². The van der Waals surface area contributed by atoms with E-state index in [1.54, 1.807) is 0 Å². The predicted octanol–water partition coefficient (Wildman–Crippen LogP) is 1.14. The number of rotatable bonds is 2. The molecule has 0 radical (unpaired) electrons. The van der Waals surface area contributed by atoms with Crippen molar-refractivity contribution in [3.05, 3.63) is 34.1 Å². The van der Waals surface area contributed by atoms with Crippen LogP contribution in [-0.4, -0.2) is 31.1 Å². The van der Waals surface area contributed by atoms with Crippen LogP contribution in [0.4, 0.5) is 15.8 Å². The highest BCUT2D eigenvalue weighted by Crippen LogP contribution is 2.25. The number of nitro benzene ring substituents is 1. The molecule has 86 valence electrons. The molecule has 6 heteroatoms. The molecule has 0 unspecified atom stereocenters. The molecule has 1 heterocycles. The van der Waals surface area contributed by atoms with Crippen LogP contribution in [0.5, 0.6) is 0 Å². The number of benzene rings is 1. The van der Waals surface area contributed by atoms with Crippen molar-refractivity contribution in [1.29, 1.82) is 0 Å². The first-order valence-corrected chi connectivity index (χ1v) is 5.08. The Hall–Kier alpha value is -1.69. The highest BCUT2D eigenvalue weighted by molar-refractivity contribution is 5.54. The molecule has 0 saturated carbocycles. The van der Waals surface area contributed by atoms with Gasteiger partial charge in [-0.2, -0.15) is 0 Å².